The number of benzene rings is 1. The Morgan fingerprint density at radius 2 is 2.07 bits per heavy atom. The highest BCUT2D eigenvalue weighted by molar-refractivity contribution is 5.56. The van der Waals surface area contributed by atoms with Crippen molar-refractivity contribution in [2.75, 3.05) is 20.3 Å². The van der Waals surface area contributed by atoms with Crippen LogP contribution < -0.4 is 15.6 Å². The number of nitrogens with one attached hydrogen (secondary N) is 1. The summed E-state index contributed by atoms with van der Waals surface area (Å²) in [6.07, 6.45) is 3.45. The summed E-state index contributed by atoms with van der Waals surface area (Å²) >= 11 is 0. The molecular weight excluding hydrogens is 356 g/mol. The van der Waals surface area contributed by atoms with Crippen LogP contribution in [0.1, 0.15) is 11.6 Å². The molecule has 2 atom stereocenters. The van der Waals surface area contributed by atoms with E-state index in [-0.39, 0.29) is 17.6 Å². The van der Waals surface area contributed by atoms with Crippen molar-refractivity contribution in [1.82, 2.24) is 20.1 Å². The van der Waals surface area contributed by atoms with Crippen molar-refractivity contribution in [3.05, 3.63) is 76.8 Å². The Balaban J connectivity index is 1.56. The fraction of sp³-hybridized carbons (Fsp3) is 0.286. The van der Waals surface area contributed by atoms with Gasteiger partial charge in [0, 0.05) is 36.1 Å². The van der Waals surface area contributed by atoms with Gasteiger partial charge in [-0.15, -0.1) is 0 Å². The van der Waals surface area contributed by atoms with E-state index in [1.807, 2.05) is 36.4 Å². The summed E-state index contributed by atoms with van der Waals surface area (Å²) in [7, 11) is 1.66. The smallest absolute Gasteiger partial charge is 0.267 e. The molecule has 1 N–H and O–H groups in total. The van der Waals surface area contributed by atoms with E-state index in [1.54, 1.807) is 31.6 Å². The molecule has 144 valence electrons. The normalized spacial score (nSPS) is 18.9. The first-order valence-electron chi connectivity index (χ1n) is 9.19. The molecule has 2 aromatic heterocycles. The number of nitrogens with zero attached hydrogens (tertiary/aromatic N) is 3. The second-order valence-corrected chi connectivity index (χ2v) is 6.65. The van der Waals surface area contributed by atoms with Gasteiger partial charge < -0.3 is 14.8 Å². The average Bonchev–Trinajstić information content (AvgIpc) is 3.22. The lowest BCUT2D eigenvalue weighted by molar-refractivity contribution is 0.181. The Kier molecular flexibility index (Phi) is 5.45. The van der Waals surface area contributed by atoms with Crippen LogP contribution in [0.15, 0.2) is 65.7 Å². The summed E-state index contributed by atoms with van der Waals surface area (Å²) in [4.78, 5) is 16.6. The summed E-state index contributed by atoms with van der Waals surface area (Å²) in [6.45, 7) is 1.57. The molecule has 2 unspecified atom stereocenters. The minimum atomic E-state index is -0.182. The molecule has 3 heterocycles. The minimum absolute atomic E-state index is 0.0285. The minimum Gasteiger partial charge on any atom is -0.496 e. The van der Waals surface area contributed by atoms with Crippen LogP contribution in [0.3, 0.4) is 0 Å². The highest BCUT2D eigenvalue weighted by Gasteiger charge is 2.31. The molecule has 7 nitrogen and oxygen atoms in total. The summed E-state index contributed by atoms with van der Waals surface area (Å²) in [5.41, 5.74) is 2.49. The second kappa shape index (κ2) is 8.33. The molecular formula is C21H22N4O3. The third-order valence-electron chi connectivity index (χ3n) is 4.89. The average molecular weight is 378 g/mol. The van der Waals surface area contributed by atoms with Crippen LogP contribution >= 0.6 is 0 Å². The van der Waals surface area contributed by atoms with E-state index in [1.165, 1.54) is 4.68 Å². The third kappa shape index (κ3) is 3.81. The molecule has 7 heteroatoms. The molecule has 1 saturated heterocycles. The van der Waals surface area contributed by atoms with Crippen molar-refractivity contribution in [3.8, 4) is 17.0 Å². The van der Waals surface area contributed by atoms with Gasteiger partial charge in [-0.05, 0) is 24.3 Å². The molecule has 1 aromatic carbocycles. The molecule has 3 aromatic rings. The van der Waals surface area contributed by atoms with Crippen molar-refractivity contribution in [3.63, 3.8) is 0 Å². The Morgan fingerprint density at radius 3 is 2.89 bits per heavy atom. The molecule has 0 bridgehead atoms. The number of ether oxygens (including phenoxy) is 2. The Labute approximate surface area is 163 Å². The van der Waals surface area contributed by atoms with Crippen molar-refractivity contribution in [2.45, 2.75) is 18.6 Å². The molecule has 0 radical (unpaired) electrons. The fourth-order valence-electron chi connectivity index (χ4n) is 3.40. The van der Waals surface area contributed by atoms with Gasteiger partial charge in [0.25, 0.3) is 5.56 Å². The van der Waals surface area contributed by atoms with Gasteiger partial charge in [0.1, 0.15) is 5.75 Å². The largest absolute Gasteiger partial charge is 0.496 e. The first-order valence-corrected chi connectivity index (χ1v) is 9.19. The van der Waals surface area contributed by atoms with Crippen molar-refractivity contribution in [2.24, 2.45) is 0 Å². The highest BCUT2D eigenvalue weighted by atomic mass is 16.5. The van der Waals surface area contributed by atoms with E-state index >= 15 is 0 Å². The summed E-state index contributed by atoms with van der Waals surface area (Å²) in [6, 6.07) is 14.7. The van der Waals surface area contributed by atoms with E-state index in [0.29, 0.717) is 25.5 Å². The first kappa shape index (κ1) is 18.3. The van der Waals surface area contributed by atoms with E-state index in [4.69, 9.17) is 9.47 Å². The zero-order valence-corrected chi connectivity index (χ0v) is 15.6. The standard InChI is InChI=1S/C21H22N4O3/c1-27-20-7-3-2-5-16(20)12-23-18-13-28-14-19(18)25-21(26)9-8-17(24-25)15-6-4-10-22-11-15/h2-11,18-19,23H,12-14H2,1H3. The van der Waals surface area contributed by atoms with Gasteiger partial charge in [0.05, 0.1) is 38.1 Å². The summed E-state index contributed by atoms with van der Waals surface area (Å²) < 4.78 is 12.6. The SMILES string of the molecule is COc1ccccc1CNC1COCC1n1nc(-c2cccnc2)ccc1=O. The number of hydrogen-bond acceptors (Lipinski definition) is 6. The summed E-state index contributed by atoms with van der Waals surface area (Å²) in [5.74, 6) is 0.833. The van der Waals surface area contributed by atoms with Crippen LogP contribution in [0.2, 0.25) is 0 Å². The van der Waals surface area contributed by atoms with Crippen LogP contribution in [0.4, 0.5) is 0 Å². The second-order valence-electron chi connectivity index (χ2n) is 6.65. The lowest BCUT2D eigenvalue weighted by atomic mass is 10.1. The Bertz CT molecular complexity index is 990. The van der Waals surface area contributed by atoms with Crippen LogP contribution in [0.5, 0.6) is 5.75 Å². The van der Waals surface area contributed by atoms with Crippen LogP contribution in [0, 0.1) is 0 Å². The molecule has 28 heavy (non-hydrogen) atoms. The maximum atomic E-state index is 12.5. The zero-order valence-electron chi connectivity index (χ0n) is 15.6. The van der Waals surface area contributed by atoms with Crippen molar-refractivity contribution >= 4 is 0 Å². The van der Waals surface area contributed by atoms with Gasteiger partial charge in [0.15, 0.2) is 0 Å². The fourth-order valence-corrected chi connectivity index (χ4v) is 3.40. The molecule has 1 fully saturated rings. The molecule has 1 aliphatic rings. The monoisotopic (exact) mass is 378 g/mol. The van der Waals surface area contributed by atoms with E-state index in [2.05, 4.69) is 15.4 Å². The maximum Gasteiger partial charge on any atom is 0.267 e. The molecule has 4 rings (SSSR count). The number of pyridine rings is 1. The number of hydrogen-bond donors (Lipinski definition) is 1. The van der Waals surface area contributed by atoms with Gasteiger partial charge in [-0.2, -0.15) is 5.10 Å². The van der Waals surface area contributed by atoms with Crippen molar-refractivity contribution < 1.29 is 9.47 Å². The van der Waals surface area contributed by atoms with Crippen LogP contribution in [-0.4, -0.2) is 41.1 Å². The van der Waals surface area contributed by atoms with Crippen LogP contribution in [-0.2, 0) is 11.3 Å². The third-order valence-corrected chi connectivity index (χ3v) is 4.89. The number of methoxy groups -OCH3 is 1. The maximum absolute atomic E-state index is 12.5. The Hall–Kier alpha value is -3.03. The molecule has 1 aliphatic heterocycles. The van der Waals surface area contributed by atoms with Gasteiger partial charge in [-0.1, -0.05) is 18.2 Å². The van der Waals surface area contributed by atoms with Gasteiger partial charge >= 0.3 is 0 Å². The predicted molar refractivity (Wildman–Crippen MR) is 105 cm³/mol. The van der Waals surface area contributed by atoms with Crippen molar-refractivity contribution in [1.29, 1.82) is 0 Å². The van der Waals surface area contributed by atoms with Gasteiger partial charge in [0.2, 0.25) is 0 Å². The lowest BCUT2D eigenvalue weighted by Crippen LogP contribution is -2.41. The lowest BCUT2D eigenvalue weighted by Gasteiger charge is -2.21. The van der Waals surface area contributed by atoms with E-state index in [9.17, 15) is 4.79 Å². The summed E-state index contributed by atoms with van der Waals surface area (Å²) in [5, 5.41) is 8.07. The molecule has 0 aliphatic carbocycles. The highest BCUT2D eigenvalue weighted by Crippen LogP contribution is 2.22. The van der Waals surface area contributed by atoms with Gasteiger partial charge in [-0.25, -0.2) is 4.68 Å². The zero-order chi connectivity index (χ0) is 19.3. The van der Waals surface area contributed by atoms with Gasteiger partial charge in [-0.3, -0.25) is 9.78 Å². The number of aromatic nitrogens is 3. The predicted octanol–water partition coefficient (Wildman–Crippen LogP) is 2.04. The van der Waals surface area contributed by atoms with E-state index in [0.717, 1.165) is 16.9 Å². The van der Waals surface area contributed by atoms with Crippen LogP contribution in [0.25, 0.3) is 11.3 Å². The van der Waals surface area contributed by atoms with E-state index < -0.39 is 0 Å². The Morgan fingerprint density at radius 1 is 1.18 bits per heavy atom. The molecule has 0 spiro atoms. The molecule has 0 saturated carbocycles. The molecule has 0 amide bonds. The number of para-hydroxylation sites is 1. The topological polar surface area (TPSA) is 78.3 Å². The number of rotatable bonds is 6. The first-order chi connectivity index (χ1) is 13.8. The quantitative estimate of drug-likeness (QED) is 0.707.